The van der Waals surface area contributed by atoms with Gasteiger partial charge in [0.05, 0.1) is 11.9 Å². The van der Waals surface area contributed by atoms with Crippen molar-refractivity contribution in [3.63, 3.8) is 0 Å². The Labute approximate surface area is 112 Å². The van der Waals surface area contributed by atoms with E-state index in [4.69, 9.17) is 0 Å². The van der Waals surface area contributed by atoms with Gasteiger partial charge in [0, 0.05) is 12.7 Å². The summed E-state index contributed by atoms with van der Waals surface area (Å²) in [7, 11) is 0. The lowest BCUT2D eigenvalue weighted by molar-refractivity contribution is -0.147. The van der Waals surface area contributed by atoms with Gasteiger partial charge in [-0.15, -0.1) is 0 Å². The molecule has 0 bridgehead atoms. The van der Waals surface area contributed by atoms with Crippen LogP contribution in [0, 0.1) is 6.92 Å². The highest BCUT2D eigenvalue weighted by atomic mass is 16.4. The van der Waals surface area contributed by atoms with Gasteiger partial charge >= 0.3 is 12.0 Å². The minimum absolute atomic E-state index is 0.296. The highest BCUT2D eigenvalue weighted by Gasteiger charge is 2.37. The van der Waals surface area contributed by atoms with Crippen molar-refractivity contribution in [3.8, 4) is 0 Å². The fourth-order valence-electron chi connectivity index (χ4n) is 1.69. The second-order valence-corrected chi connectivity index (χ2v) is 4.73. The molecule has 2 N–H and O–H groups in total. The average Bonchev–Trinajstić information content (AvgIpc) is 2.32. The number of amides is 2. The Kier molecular flexibility index (Phi) is 4.47. The zero-order valence-electron chi connectivity index (χ0n) is 11.6. The Bertz CT molecular complexity index is 486. The number of hydrogen-bond acceptors (Lipinski definition) is 3. The number of nitrogens with one attached hydrogen (secondary N) is 1. The number of aryl methyl sites for hydroxylation is 1. The molecule has 6 heteroatoms. The summed E-state index contributed by atoms with van der Waals surface area (Å²) < 4.78 is 0. The van der Waals surface area contributed by atoms with Crippen LogP contribution in [0.25, 0.3) is 0 Å². The molecule has 0 spiro atoms. The molecule has 0 saturated carbocycles. The van der Waals surface area contributed by atoms with Crippen LogP contribution in [0.15, 0.2) is 18.5 Å². The maximum Gasteiger partial charge on any atom is 0.329 e. The van der Waals surface area contributed by atoms with Gasteiger partial charge in [-0.25, -0.2) is 9.59 Å². The molecule has 1 rings (SSSR count). The molecule has 0 radical (unpaired) electrons. The summed E-state index contributed by atoms with van der Waals surface area (Å²) in [4.78, 5) is 28.6. The maximum absolute atomic E-state index is 12.2. The van der Waals surface area contributed by atoms with Crippen LogP contribution in [-0.4, -0.2) is 39.1 Å². The summed E-state index contributed by atoms with van der Waals surface area (Å²) in [6, 6.07) is 1.32. The lowest BCUT2D eigenvalue weighted by atomic mass is 10.0. The van der Waals surface area contributed by atoms with Crippen LogP contribution >= 0.6 is 0 Å². The number of urea groups is 1. The Morgan fingerprint density at radius 3 is 2.58 bits per heavy atom. The van der Waals surface area contributed by atoms with Crippen molar-refractivity contribution in [2.45, 2.75) is 33.2 Å². The number of carbonyl (C=O) groups is 2. The van der Waals surface area contributed by atoms with Gasteiger partial charge in [-0.3, -0.25) is 4.98 Å². The number of aromatic nitrogens is 1. The number of aliphatic carboxylic acids is 1. The highest BCUT2D eigenvalue weighted by Crippen LogP contribution is 2.18. The number of likely N-dealkylation sites (N-methyl/N-ethyl adjacent to an activating group) is 1. The fraction of sp³-hybridized carbons (Fsp3) is 0.462. The maximum atomic E-state index is 12.2. The molecule has 1 aromatic rings. The molecule has 0 aliphatic rings. The molecule has 1 aromatic heterocycles. The average molecular weight is 265 g/mol. The molecular weight excluding hydrogens is 246 g/mol. The van der Waals surface area contributed by atoms with Crippen molar-refractivity contribution < 1.29 is 14.7 Å². The Morgan fingerprint density at radius 2 is 2.11 bits per heavy atom. The number of pyridine rings is 1. The highest BCUT2D eigenvalue weighted by molar-refractivity contribution is 5.94. The summed E-state index contributed by atoms with van der Waals surface area (Å²) >= 11 is 0. The first-order valence-electron chi connectivity index (χ1n) is 6.03. The number of carboxylic acids is 1. The second-order valence-electron chi connectivity index (χ2n) is 4.73. The van der Waals surface area contributed by atoms with E-state index in [9.17, 15) is 14.7 Å². The summed E-state index contributed by atoms with van der Waals surface area (Å²) in [5.74, 6) is -1.05. The van der Waals surface area contributed by atoms with Crippen LogP contribution in [0.3, 0.4) is 0 Å². The van der Waals surface area contributed by atoms with Crippen molar-refractivity contribution in [3.05, 3.63) is 24.0 Å². The zero-order valence-corrected chi connectivity index (χ0v) is 11.6. The van der Waals surface area contributed by atoms with E-state index in [1.165, 1.54) is 24.9 Å². The van der Waals surface area contributed by atoms with Gasteiger partial charge in [0.15, 0.2) is 0 Å². The third-order valence-electron chi connectivity index (χ3n) is 3.04. The summed E-state index contributed by atoms with van der Waals surface area (Å²) in [6.07, 6.45) is 3.17. The van der Waals surface area contributed by atoms with Crippen molar-refractivity contribution in [2.75, 3.05) is 11.9 Å². The fourth-order valence-corrected chi connectivity index (χ4v) is 1.69. The van der Waals surface area contributed by atoms with Crippen LogP contribution in [0.2, 0.25) is 0 Å². The van der Waals surface area contributed by atoms with Gasteiger partial charge < -0.3 is 15.3 Å². The molecule has 0 fully saturated rings. The summed E-state index contributed by atoms with van der Waals surface area (Å²) in [5, 5.41) is 11.9. The molecule has 104 valence electrons. The first-order valence-corrected chi connectivity index (χ1v) is 6.03. The van der Waals surface area contributed by atoms with E-state index in [0.717, 1.165) is 5.56 Å². The number of hydrogen-bond donors (Lipinski definition) is 2. The second kappa shape index (κ2) is 5.69. The summed E-state index contributed by atoms with van der Waals surface area (Å²) in [6.45, 7) is 6.86. The zero-order chi connectivity index (χ0) is 14.6. The van der Waals surface area contributed by atoms with Crippen LogP contribution in [0.5, 0.6) is 0 Å². The molecule has 1 heterocycles. The molecule has 0 aliphatic carbocycles. The summed E-state index contributed by atoms with van der Waals surface area (Å²) in [5.41, 5.74) is 0.175. The molecule has 0 saturated heterocycles. The molecule has 2 amide bonds. The van der Waals surface area contributed by atoms with E-state index in [2.05, 4.69) is 10.3 Å². The number of rotatable bonds is 4. The van der Waals surface area contributed by atoms with Crippen LogP contribution in [-0.2, 0) is 4.79 Å². The molecule has 0 atom stereocenters. The normalized spacial score (nSPS) is 10.9. The van der Waals surface area contributed by atoms with Crippen LogP contribution in [0.1, 0.15) is 26.3 Å². The Hall–Kier alpha value is -2.11. The SMILES string of the molecule is CCN(C(=O)Nc1cnccc1C)C(C)(C)C(=O)O. The molecule has 0 aromatic carbocycles. The third kappa shape index (κ3) is 3.21. The van der Waals surface area contributed by atoms with Gasteiger partial charge in [0.2, 0.25) is 0 Å². The first-order chi connectivity index (χ1) is 8.80. The van der Waals surface area contributed by atoms with Crippen LogP contribution in [0.4, 0.5) is 10.5 Å². The van der Waals surface area contributed by atoms with Gasteiger partial charge in [0.25, 0.3) is 0 Å². The number of nitrogens with zero attached hydrogens (tertiary/aromatic N) is 2. The molecule has 19 heavy (non-hydrogen) atoms. The van der Waals surface area contributed by atoms with Gasteiger partial charge in [-0.05, 0) is 39.3 Å². The molecule has 0 aliphatic heterocycles. The quantitative estimate of drug-likeness (QED) is 0.873. The number of carbonyl (C=O) groups excluding carboxylic acids is 1. The molecule has 0 unspecified atom stereocenters. The standard InChI is InChI=1S/C13H19N3O3/c1-5-16(13(3,4)11(17)18)12(19)15-10-8-14-7-6-9(10)2/h6-8H,5H2,1-4H3,(H,15,19)(H,17,18). The van der Waals surface area contributed by atoms with Crippen molar-refractivity contribution in [1.29, 1.82) is 0 Å². The lowest BCUT2D eigenvalue weighted by Crippen LogP contribution is -2.54. The van der Waals surface area contributed by atoms with Crippen molar-refractivity contribution >= 4 is 17.7 Å². The van der Waals surface area contributed by atoms with Gasteiger partial charge in [-0.1, -0.05) is 0 Å². The van der Waals surface area contributed by atoms with E-state index in [0.29, 0.717) is 12.2 Å². The lowest BCUT2D eigenvalue weighted by Gasteiger charge is -2.34. The van der Waals surface area contributed by atoms with Gasteiger partial charge in [-0.2, -0.15) is 0 Å². The number of anilines is 1. The topological polar surface area (TPSA) is 82.5 Å². The van der Waals surface area contributed by atoms with E-state index < -0.39 is 17.5 Å². The minimum Gasteiger partial charge on any atom is -0.480 e. The first kappa shape index (κ1) is 14.9. The van der Waals surface area contributed by atoms with E-state index >= 15 is 0 Å². The smallest absolute Gasteiger partial charge is 0.329 e. The van der Waals surface area contributed by atoms with Gasteiger partial charge in [0.1, 0.15) is 5.54 Å². The minimum atomic E-state index is -1.27. The van der Waals surface area contributed by atoms with E-state index in [1.807, 2.05) is 6.92 Å². The van der Waals surface area contributed by atoms with Crippen molar-refractivity contribution in [2.24, 2.45) is 0 Å². The Balaban J connectivity index is 2.93. The van der Waals surface area contributed by atoms with E-state index in [-0.39, 0.29) is 0 Å². The van der Waals surface area contributed by atoms with E-state index in [1.54, 1.807) is 19.2 Å². The Morgan fingerprint density at radius 1 is 1.47 bits per heavy atom. The predicted octanol–water partition coefficient (Wildman–Crippen LogP) is 2.11. The number of carboxylic acid groups (broad SMARTS) is 1. The van der Waals surface area contributed by atoms with Crippen molar-refractivity contribution in [1.82, 2.24) is 9.88 Å². The third-order valence-corrected chi connectivity index (χ3v) is 3.04. The van der Waals surface area contributed by atoms with Crippen LogP contribution < -0.4 is 5.32 Å². The molecule has 6 nitrogen and oxygen atoms in total. The predicted molar refractivity (Wildman–Crippen MR) is 72.1 cm³/mol. The monoisotopic (exact) mass is 265 g/mol. The molecular formula is C13H19N3O3. The largest absolute Gasteiger partial charge is 0.480 e.